The molecule has 13 heavy (non-hydrogen) atoms. The van der Waals surface area contributed by atoms with Gasteiger partial charge in [0, 0.05) is 12.6 Å². The molecule has 0 atom stereocenters. The Morgan fingerprint density at radius 1 is 1.62 bits per heavy atom. The second-order valence-electron chi connectivity index (χ2n) is 2.53. The summed E-state index contributed by atoms with van der Waals surface area (Å²) in [6.07, 6.45) is 0. The highest BCUT2D eigenvalue weighted by atomic mass is 35.5. The molecule has 0 aliphatic heterocycles. The smallest absolute Gasteiger partial charge is 0.303 e. The molecular formula is C8H9ClN2O2. The summed E-state index contributed by atoms with van der Waals surface area (Å²) in [4.78, 5) is 18.4. The molecule has 0 aromatic carbocycles. The molecule has 0 aliphatic carbocycles. The van der Waals surface area contributed by atoms with Crippen molar-refractivity contribution in [1.82, 2.24) is 9.97 Å². The van der Waals surface area contributed by atoms with Gasteiger partial charge in [0.1, 0.15) is 5.15 Å². The number of esters is 1. The minimum absolute atomic E-state index is 0.0662. The van der Waals surface area contributed by atoms with Gasteiger partial charge in [0.25, 0.3) is 0 Å². The molecule has 0 saturated carbocycles. The molecule has 1 aromatic rings. The SMILES string of the molecule is CC(=O)OCc1nc(C)cc(Cl)n1. The first-order valence-electron chi connectivity index (χ1n) is 3.71. The lowest BCUT2D eigenvalue weighted by Gasteiger charge is -2.01. The van der Waals surface area contributed by atoms with Crippen LogP contribution < -0.4 is 0 Å². The van der Waals surface area contributed by atoms with E-state index in [0.29, 0.717) is 11.0 Å². The van der Waals surface area contributed by atoms with Crippen LogP contribution in [0.1, 0.15) is 18.4 Å². The lowest BCUT2D eigenvalue weighted by Crippen LogP contribution is -2.03. The molecule has 70 valence electrons. The average molecular weight is 201 g/mol. The number of hydrogen-bond donors (Lipinski definition) is 0. The molecule has 0 unspecified atom stereocenters. The topological polar surface area (TPSA) is 52.1 Å². The molecule has 0 N–H and O–H groups in total. The molecule has 4 nitrogen and oxygen atoms in total. The molecule has 0 radical (unpaired) electrons. The molecule has 1 rings (SSSR count). The number of aryl methyl sites for hydroxylation is 1. The number of nitrogens with zero attached hydrogens (tertiary/aromatic N) is 2. The van der Waals surface area contributed by atoms with Crippen molar-refractivity contribution in [2.24, 2.45) is 0 Å². The van der Waals surface area contributed by atoms with E-state index in [2.05, 4.69) is 9.97 Å². The van der Waals surface area contributed by atoms with E-state index in [4.69, 9.17) is 16.3 Å². The highest BCUT2D eigenvalue weighted by Crippen LogP contribution is 2.06. The molecule has 0 fully saturated rings. The maximum absolute atomic E-state index is 10.5. The molecule has 0 amide bonds. The van der Waals surface area contributed by atoms with E-state index >= 15 is 0 Å². The van der Waals surface area contributed by atoms with Crippen molar-refractivity contribution in [3.8, 4) is 0 Å². The van der Waals surface area contributed by atoms with Gasteiger partial charge in [0.2, 0.25) is 0 Å². The molecule has 1 heterocycles. The van der Waals surface area contributed by atoms with Crippen LogP contribution in [0.5, 0.6) is 0 Å². The Morgan fingerprint density at radius 3 is 2.85 bits per heavy atom. The van der Waals surface area contributed by atoms with Crippen LogP contribution in [0, 0.1) is 6.92 Å². The van der Waals surface area contributed by atoms with Gasteiger partial charge in [-0.25, -0.2) is 9.97 Å². The molecule has 0 saturated heterocycles. The van der Waals surface area contributed by atoms with Crippen molar-refractivity contribution < 1.29 is 9.53 Å². The number of ether oxygens (including phenoxy) is 1. The van der Waals surface area contributed by atoms with Crippen molar-refractivity contribution in [3.63, 3.8) is 0 Å². The minimum Gasteiger partial charge on any atom is -0.458 e. The van der Waals surface area contributed by atoms with Gasteiger partial charge in [-0.05, 0) is 13.0 Å². The minimum atomic E-state index is -0.360. The molecular weight excluding hydrogens is 192 g/mol. The Hall–Kier alpha value is -1.16. The van der Waals surface area contributed by atoms with Crippen LogP contribution in [0.25, 0.3) is 0 Å². The summed E-state index contributed by atoms with van der Waals surface area (Å²) in [5, 5.41) is 0.356. The standard InChI is InChI=1S/C8H9ClN2O2/c1-5-3-7(9)11-8(10-5)4-13-6(2)12/h3H,4H2,1-2H3. The zero-order chi connectivity index (χ0) is 9.84. The first-order valence-corrected chi connectivity index (χ1v) is 4.09. The van der Waals surface area contributed by atoms with Crippen LogP contribution in [0.3, 0.4) is 0 Å². The van der Waals surface area contributed by atoms with E-state index in [-0.39, 0.29) is 12.6 Å². The fourth-order valence-corrected chi connectivity index (χ4v) is 1.07. The molecule has 1 aromatic heterocycles. The van der Waals surface area contributed by atoms with Gasteiger partial charge in [-0.2, -0.15) is 0 Å². The summed E-state index contributed by atoms with van der Waals surface area (Å²) < 4.78 is 4.72. The monoisotopic (exact) mass is 200 g/mol. The highest BCUT2D eigenvalue weighted by Gasteiger charge is 2.01. The molecule has 0 aliphatic rings. The number of carbonyl (C=O) groups is 1. The van der Waals surface area contributed by atoms with Crippen LogP contribution in [-0.4, -0.2) is 15.9 Å². The highest BCUT2D eigenvalue weighted by molar-refractivity contribution is 6.29. The average Bonchev–Trinajstić information content (AvgIpc) is 1.99. The van der Waals surface area contributed by atoms with Crippen LogP contribution in [-0.2, 0) is 16.1 Å². The first kappa shape index (κ1) is 9.92. The van der Waals surface area contributed by atoms with E-state index < -0.39 is 0 Å². The second-order valence-corrected chi connectivity index (χ2v) is 2.92. The number of carbonyl (C=O) groups excluding carboxylic acids is 1. The molecule has 0 bridgehead atoms. The third kappa shape index (κ3) is 3.38. The van der Waals surface area contributed by atoms with Crippen LogP contribution >= 0.6 is 11.6 Å². The summed E-state index contributed by atoms with van der Waals surface area (Å²) in [7, 11) is 0. The fraction of sp³-hybridized carbons (Fsp3) is 0.375. The summed E-state index contributed by atoms with van der Waals surface area (Å²) in [5.41, 5.74) is 0.752. The van der Waals surface area contributed by atoms with Gasteiger partial charge in [-0.15, -0.1) is 0 Å². The van der Waals surface area contributed by atoms with E-state index in [1.807, 2.05) is 0 Å². The van der Waals surface area contributed by atoms with Gasteiger partial charge in [-0.3, -0.25) is 4.79 Å². The van der Waals surface area contributed by atoms with Gasteiger partial charge in [0.05, 0.1) is 0 Å². The maximum atomic E-state index is 10.5. The predicted octanol–water partition coefficient (Wildman–Crippen LogP) is 1.50. The molecule has 5 heteroatoms. The lowest BCUT2D eigenvalue weighted by atomic mass is 10.4. The Bertz CT molecular complexity index is 308. The Kier molecular flexibility index (Phi) is 3.19. The first-order chi connectivity index (χ1) is 6.08. The van der Waals surface area contributed by atoms with Crippen molar-refractivity contribution in [1.29, 1.82) is 0 Å². The number of halogens is 1. The third-order valence-electron chi connectivity index (χ3n) is 1.27. The number of rotatable bonds is 2. The predicted molar refractivity (Wildman–Crippen MR) is 47.2 cm³/mol. The van der Waals surface area contributed by atoms with Crippen molar-refractivity contribution in [2.45, 2.75) is 20.5 Å². The Morgan fingerprint density at radius 2 is 2.31 bits per heavy atom. The van der Waals surface area contributed by atoms with Gasteiger partial charge >= 0.3 is 5.97 Å². The maximum Gasteiger partial charge on any atom is 0.303 e. The normalized spacial score (nSPS) is 9.77. The van der Waals surface area contributed by atoms with Crippen LogP contribution in [0.4, 0.5) is 0 Å². The summed E-state index contributed by atoms with van der Waals surface area (Å²) in [6.45, 7) is 3.19. The van der Waals surface area contributed by atoms with E-state index in [1.165, 1.54) is 6.92 Å². The quantitative estimate of drug-likeness (QED) is 0.536. The van der Waals surface area contributed by atoms with Gasteiger partial charge < -0.3 is 4.74 Å². The van der Waals surface area contributed by atoms with Crippen molar-refractivity contribution in [3.05, 3.63) is 22.7 Å². The number of aromatic nitrogens is 2. The largest absolute Gasteiger partial charge is 0.458 e. The number of hydrogen-bond acceptors (Lipinski definition) is 4. The summed E-state index contributed by atoms with van der Waals surface area (Å²) in [6, 6.07) is 1.64. The Labute approximate surface area is 80.9 Å². The summed E-state index contributed by atoms with van der Waals surface area (Å²) in [5.74, 6) is 0.0569. The third-order valence-corrected chi connectivity index (χ3v) is 1.47. The lowest BCUT2D eigenvalue weighted by molar-refractivity contribution is -0.142. The van der Waals surface area contributed by atoms with Crippen molar-refractivity contribution >= 4 is 17.6 Å². The summed E-state index contributed by atoms with van der Waals surface area (Å²) >= 11 is 5.67. The van der Waals surface area contributed by atoms with Gasteiger partial charge in [-0.1, -0.05) is 11.6 Å². The van der Waals surface area contributed by atoms with Gasteiger partial charge in [0.15, 0.2) is 12.4 Å². The molecule has 0 spiro atoms. The zero-order valence-electron chi connectivity index (χ0n) is 7.37. The van der Waals surface area contributed by atoms with Crippen LogP contribution in [0.15, 0.2) is 6.07 Å². The van der Waals surface area contributed by atoms with Crippen LogP contribution in [0.2, 0.25) is 5.15 Å². The zero-order valence-corrected chi connectivity index (χ0v) is 8.13. The van der Waals surface area contributed by atoms with Crippen molar-refractivity contribution in [2.75, 3.05) is 0 Å². The second kappa shape index (κ2) is 4.18. The van der Waals surface area contributed by atoms with E-state index in [0.717, 1.165) is 5.69 Å². The fourth-order valence-electron chi connectivity index (χ4n) is 0.820. The van der Waals surface area contributed by atoms with E-state index in [1.54, 1.807) is 13.0 Å². The van der Waals surface area contributed by atoms with E-state index in [9.17, 15) is 4.79 Å². The Balaban J connectivity index is 2.71.